The molecule has 4 rings (SSSR count). The van der Waals surface area contributed by atoms with Crippen LogP contribution in [0, 0.1) is 12.7 Å². The molecule has 1 aromatic carbocycles. The number of aryl methyl sites for hydroxylation is 1. The van der Waals surface area contributed by atoms with Crippen molar-refractivity contribution in [2.45, 2.75) is 6.92 Å². The normalized spacial score (nSPS) is 11.5. The highest BCUT2D eigenvalue weighted by atomic mass is 35.5. The Hall–Kier alpha value is -2.38. The molecular formula is C14H7Cl2FN6. The van der Waals surface area contributed by atoms with Crippen LogP contribution in [0.15, 0.2) is 24.3 Å². The van der Waals surface area contributed by atoms with Gasteiger partial charge in [0.05, 0.1) is 16.7 Å². The lowest BCUT2D eigenvalue weighted by Gasteiger charge is -2.03. The van der Waals surface area contributed by atoms with Crippen molar-refractivity contribution in [2.75, 3.05) is 0 Å². The molecule has 0 saturated heterocycles. The molecule has 0 bridgehead atoms. The molecule has 114 valence electrons. The van der Waals surface area contributed by atoms with Crippen molar-refractivity contribution in [2.24, 2.45) is 0 Å². The van der Waals surface area contributed by atoms with Gasteiger partial charge in [-0.2, -0.15) is 14.5 Å². The lowest BCUT2D eigenvalue weighted by molar-refractivity contribution is 0.629. The maximum atomic E-state index is 13.4. The number of hydrogen-bond acceptors (Lipinski definition) is 5. The van der Waals surface area contributed by atoms with E-state index in [1.165, 1.54) is 22.7 Å². The van der Waals surface area contributed by atoms with Crippen molar-refractivity contribution in [1.82, 2.24) is 29.5 Å². The van der Waals surface area contributed by atoms with Crippen molar-refractivity contribution in [1.29, 1.82) is 0 Å². The topological polar surface area (TPSA) is 68.9 Å². The monoisotopic (exact) mass is 348 g/mol. The highest BCUT2D eigenvalue weighted by Gasteiger charge is 2.16. The van der Waals surface area contributed by atoms with Crippen LogP contribution in [0.4, 0.5) is 4.39 Å². The molecule has 0 unspecified atom stereocenters. The van der Waals surface area contributed by atoms with E-state index in [0.717, 1.165) is 0 Å². The van der Waals surface area contributed by atoms with E-state index in [4.69, 9.17) is 23.2 Å². The largest absolute Gasteiger partial charge is 0.255 e. The molecule has 0 aliphatic rings. The van der Waals surface area contributed by atoms with Gasteiger partial charge < -0.3 is 0 Å². The first kappa shape index (κ1) is 14.2. The molecule has 0 fully saturated rings. The van der Waals surface area contributed by atoms with Gasteiger partial charge in [-0.05, 0) is 19.1 Å². The summed E-state index contributed by atoms with van der Waals surface area (Å²) in [5.41, 5.74) is 2.06. The van der Waals surface area contributed by atoms with E-state index < -0.39 is 0 Å². The number of aromatic nitrogens is 6. The van der Waals surface area contributed by atoms with E-state index in [0.29, 0.717) is 22.4 Å². The van der Waals surface area contributed by atoms with Gasteiger partial charge in [0, 0.05) is 12.1 Å². The molecule has 9 heteroatoms. The van der Waals surface area contributed by atoms with Crippen molar-refractivity contribution >= 4 is 40.0 Å². The van der Waals surface area contributed by atoms with Gasteiger partial charge in [-0.15, -0.1) is 5.10 Å². The Balaban J connectivity index is 1.98. The Morgan fingerprint density at radius 1 is 1.00 bits per heavy atom. The average Bonchev–Trinajstić information content (AvgIpc) is 2.91. The first-order valence-electron chi connectivity index (χ1n) is 6.54. The van der Waals surface area contributed by atoms with Crippen LogP contribution in [0.5, 0.6) is 0 Å². The Bertz CT molecular complexity index is 1080. The molecule has 0 N–H and O–H groups in total. The summed E-state index contributed by atoms with van der Waals surface area (Å²) in [6, 6.07) is 5.68. The zero-order valence-electron chi connectivity index (χ0n) is 11.6. The summed E-state index contributed by atoms with van der Waals surface area (Å²) in [5.74, 6) is 0.150. The SMILES string of the molecule is Cc1nc2ccc(F)cc2nc1-c1nc2nc(Cl)cc(Cl)n2n1. The second-order valence-corrected chi connectivity index (χ2v) is 5.61. The smallest absolute Gasteiger partial charge is 0.249 e. The van der Waals surface area contributed by atoms with Crippen molar-refractivity contribution in [3.05, 3.63) is 46.1 Å². The first-order valence-corrected chi connectivity index (χ1v) is 7.30. The predicted octanol–water partition coefficient (Wildman–Crippen LogP) is 3.49. The summed E-state index contributed by atoms with van der Waals surface area (Å²) in [4.78, 5) is 17.1. The molecule has 6 nitrogen and oxygen atoms in total. The minimum atomic E-state index is -0.388. The third-order valence-corrected chi connectivity index (χ3v) is 3.71. The molecule has 0 radical (unpaired) electrons. The fourth-order valence-electron chi connectivity index (χ4n) is 2.23. The molecule has 3 heterocycles. The lowest BCUT2D eigenvalue weighted by atomic mass is 10.2. The van der Waals surface area contributed by atoms with Crippen molar-refractivity contribution in [3.63, 3.8) is 0 Å². The number of nitrogens with zero attached hydrogens (tertiary/aromatic N) is 6. The van der Waals surface area contributed by atoms with Crippen LogP contribution < -0.4 is 0 Å². The summed E-state index contributed by atoms with van der Waals surface area (Å²) in [7, 11) is 0. The minimum Gasteiger partial charge on any atom is -0.249 e. The summed E-state index contributed by atoms with van der Waals surface area (Å²) < 4.78 is 14.7. The second kappa shape index (κ2) is 5.07. The predicted molar refractivity (Wildman–Crippen MR) is 84.0 cm³/mol. The van der Waals surface area contributed by atoms with E-state index in [-0.39, 0.29) is 27.7 Å². The van der Waals surface area contributed by atoms with E-state index in [9.17, 15) is 4.39 Å². The minimum absolute atomic E-state index is 0.213. The quantitative estimate of drug-likeness (QED) is 0.492. The third kappa shape index (κ3) is 2.38. The number of rotatable bonds is 1. The van der Waals surface area contributed by atoms with Gasteiger partial charge in [0.2, 0.25) is 5.82 Å². The molecule has 0 atom stereocenters. The average molecular weight is 349 g/mol. The van der Waals surface area contributed by atoms with Gasteiger partial charge in [-0.25, -0.2) is 14.4 Å². The van der Waals surface area contributed by atoms with Gasteiger partial charge >= 0.3 is 0 Å². The summed E-state index contributed by atoms with van der Waals surface area (Å²) in [5, 5.41) is 4.76. The molecule has 0 saturated carbocycles. The van der Waals surface area contributed by atoms with E-state index in [1.807, 2.05) is 0 Å². The molecule has 0 aliphatic carbocycles. The number of halogens is 3. The van der Waals surface area contributed by atoms with Crippen LogP contribution in [0.3, 0.4) is 0 Å². The second-order valence-electron chi connectivity index (χ2n) is 4.84. The zero-order valence-corrected chi connectivity index (χ0v) is 13.1. The van der Waals surface area contributed by atoms with E-state index in [1.54, 1.807) is 13.0 Å². The third-order valence-electron chi connectivity index (χ3n) is 3.25. The Morgan fingerprint density at radius 3 is 2.65 bits per heavy atom. The molecule has 3 aromatic heterocycles. The Labute approximate surface area is 138 Å². The molecule has 23 heavy (non-hydrogen) atoms. The number of benzene rings is 1. The van der Waals surface area contributed by atoms with Crippen LogP contribution >= 0.6 is 23.2 Å². The van der Waals surface area contributed by atoms with Crippen molar-refractivity contribution in [3.8, 4) is 11.5 Å². The summed E-state index contributed by atoms with van der Waals surface area (Å²) in [6.45, 7) is 1.78. The van der Waals surface area contributed by atoms with E-state index in [2.05, 4.69) is 25.0 Å². The molecule has 0 aliphatic heterocycles. The van der Waals surface area contributed by atoms with Gasteiger partial charge in [0.1, 0.15) is 21.8 Å². The van der Waals surface area contributed by atoms with Gasteiger partial charge in [0.25, 0.3) is 5.78 Å². The van der Waals surface area contributed by atoms with Crippen LogP contribution in [0.2, 0.25) is 10.3 Å². The van der Waals surface area contributed by atoms with Crippen LogP contribution in [0.25, 0.3) is 28.3 Å². The summed E-state index contributed by atoms with van der Waals surface area (Å²) in [6.07, 6.45) is 0. The highest BCUT2D eigenvalue weighted by molar-refractivity contribution is 6.33. The number of hydrogen-bond donors (Lipinski definition) is 0. The molecule has 0 amide bonds. The fourth-order valence-corrected chi connectivity index (χ4v) is 2.69. The van der Waals surface area contributed by atoms with E-state index >= 15 is 0 Å². The maximum absolute atomic E-state index is 13.4. The zero-order chi connectivity index (χ0) is 16.1. The van der Waals surface area contributed by atoms with Crippen molar-refractivity contribution < 1.29 is 4.39 Å². The maximum Gasteiger partial charge on any atom is 0.255 e. The molecule has 0 spiro atoms. The van der Waals surface area contributed by atoms with Gasteiger partial charge in [0.15, 0.2) is 0 Å². The Kier molecular flexibility index (Phi) is 3.14. The highest BCUT2D eigenvalue weighted by Crippen LogP contribution is 2.23. The fraction of sp³-hybridized carbons (Fsp3) is 0.0714. The van der Waals surface area contributed by atoms with Crippen LogP contribution in [-0.4, -0.2) is 29.5 Å². The van der Waals surface area contributed by atoms with Crippen LogP contribution in [0.1, 0.15) is 5.69 Å². The standard InChI is InChI=1S/C14H7Cl2FN6/c1-6-12(19-9-4-7(17)2-3-8(9)18-6)13-21-14-20-10(15)5-11(16)23(14)22-13/h2-5H,1H3. The number of fused-ring (bicyclic) bond motifs is 2. The molecular weight excluding hydrogens is 342 g/mol. The lowest BCUT2D eigenvalue weighted by Crippen LogP contribution is -1.97. The van der Waals surface area contributed by atoms with Crippen LogP contribution in [-0.2, 0) is 0 Å². The Morgan fingerprint density at radius 2 is 1.83 bits per heavy atom. The van der Waals surface area contributed by atoms with Gasteiger partial charge in [-0.3, -0.25) is 0 Å². The first-order chi connectivity index (χ1) is 11.0. The van der Waals surface area contributed by atoms with Gasteiger partial charge in [-0.1, -0.05) is 23.2 Å². The summed E-state index contributed by atoms with van der Waals surface area (Å²) >= 11 is 11.9. The molecule has 4 aromatic rings.